The topological polar surface area (TPSA) is 69.9 Å². The van der Waals surface area contributed by atoms with E-state index in [9.17, 15) is 0 Å². The van der Waals surface area contributed by atoms with Gasteiger partial charge >= 0.3 is 0 Å². The van der Waals surface area contributed by atoms with Crippen LogP contribution in [0.5, 0.6) is 0 Å². The Morgan fingerprint density at radius 2 is 0.968 bits per heavy atom. The molecule has 0 atom stereocenters. The van der Waals surface area contributed by atoms with Gasteiger partial charge in [0, 0.05) is 54.2 Å². The number of hydrogen-bond donors (Lipinski definition) is 0. The highest BCUT2D eigenvalue weighted by atomic mass is 16.3. The van der Waals surface area contributed by atoms with Gasteiger partial charge in [0.15, 0.2) is 17.5 Å². The van der Waals surface area contributed by atoms with E-state index in [0.717, 1.165) is 88.1 Å². The number of rotatable bonds is 4. The predicted molar refractivity (Wildman–Crippen MR) is 258 cm³/mol. The Bertz CT molecular complexity index is 4220. The molecule has 6 nitrogen and oxygen atoms in total. The van der Waals surface area contributed by atoms with Crippen molar-refractivity contribution in [2.75, 3.05) is 0 Å². The Labute approximate surface area is 358 Å². The molecule has 0 radical (unpaired) electrons. The van der Waals surface area contributed by atoms with Crippen LogP contribution < -0.4 is 0 Å². The van der Waals surface area contributed by atoms with Gasteiger partial charge in [-0.05, 0) is 76.1 Å². The average Bonchev–Trinajstić information content (AvgIpc) is 4.02. The summed E-state index contributed by atoms with van der Waals surface area (Å²) in [5, 5.41) is 13.6. The Morgan fingerprint density at radius 1 is 0.333 bits per heavy atom. The van der Waals surface area contributed by atoms with Gasteiger partial charge in [-0.3, -0.25) is 0 Å². The fraction of sp³-hybridized carbons (Fsp3) is 0. The molecule has 0 fully saturated rings. The van der Waals surface area contributed by atoms with Crippen molar-refractivity contribution in [1.82, 2.24) is 19.5 Å². The van der Waals surface area contributed by atoms with Gasteiger partial charge in [-0.1, -0.05) is 140 Å². The van der Waals surface area contributed by atoms with E-state index in [2.05, 4.69) is 126 Å². The molecule has 0 aliphatic rings. The Balaban J connectivity index is 1.03. The molecule has 6 heteroatoms. The second-order valence-corrected chi connectivity index (χ2v) is 16.3. The SMILES string of the molecule is c1ccc(-c2nc(-c3ccc4oc5c6ccccc6c(-n6c7cc8ccccc8cc7c7c8ccccc8ccc76)cc5c4c3)nc(-c3cccc4c3oc3ccccc34)n2)cc1. The van der Waals surface area contributed by atoms with Gasteiger partial charge in [0.05, 0.1) is 22.3 Å². The maximum atomic E-state index is 6.81. The van der Waals surface area contributed by atoms with Crippen LogP contribution in [0.1, 0.15) is 0 Å². The van der Waals surface area contributed by atoms with E-state index in [1.807, 2.05) is 72.8 Å². The van der Waals surface area contributed by atoms with Crippen LogP contribution in [0.25, 0.3) is 138 Å². The number of fused-ring (bicyclic) bond motifs is 14. The van der Waals surface area contributed by atoms with Crippen LogP contribution in [-0.4, -0.2) is 19.5 Å². The third kappa shape index (κ3) is 5.03. The number of para-hydroxylation sites is 2. The van der Waals surface area contributed by atoms with Gasteiger partial charge < -0.3 is 13.4 Å². The maximum absolute atomic E-state index is 6.81. The van der Waals surface area contributed by atoms with E-state index >= 15 is 0 Å². The van der Waals surface area contributed by atoms with Crippen molar-refractivity contribution in [1.29, 1.82) is 0 Å². The standard InChI is InChI=1S/C57H32N4O2/c1-2-14-34(15-3-1)55-58-56(60-57(59-55)43-23-12-22-42-40-20-10-11-24-50(40)62-53(42)43)37-26-28-51-44(30-37)45-32-49(39-19-8-9-21-41(39)54(45)63-51)61-47-27-25-33-13-6-7-18-38(33)52(47)46-29-35-16-4-5-17-36(35)31-48(46)61/h1-32H. The second-order valence-electron chi connectivity index (χ2n) is 16.3. The molecule has 0 saturated carbocycles. The van der Waals surface area contributed by atoms with Crippen molar-refractivity contribution in [2.45, 2.75) is 0 Å². The predicted octanol–water partition coefficient (Wildman–Crippen LogP) is 15.2. The first-order valence-corrected chi connectivity index (χ1v) is 21.2. The van der Waals surface area contributed by atoms with Gasteiger partial charge in [-0.25, -0.2) is 15.0 Å². The van der Waals surface area contributed by atoms with E-state index in [1.165, 1.54) is 32.3 Å². The monoisotopic (exact) mass is 804 g/mol. The number of aromatic nitrogens is 4. The van der Waals surface area contributed by atoms with Crippen molar-refractivity contribution in [3.63, 3.8) is 0 Å². The molecular formula is C57H32N4O2. The van der Waals surface area contributed by atoms with E-state index in [1.54, 1.807) is 0 Å². The highest BCUT2D eigenvalue weighted by molar-refractivity contribution is 6.25. The third-order valence-corrected chi connectivity index (χ3v) is 12.8. The molecule has 0 unspecified atom stereocenters. The fourth-order valence-corrected chi connectivity index (χ4v) is 9.90. The fourth-order valence-electron chi connectivity index (χ4n) is 9.90. The Morgan fingerprint density at radius 3 is 1.83 bits per heavy atom. The van der Waals surface area contributed by atoms with Crippen LogP contribution in [0.4, 0.5) is 0 Å². The molecule has 14 rings (SSSR count). The minimum Gasteiger partial charge on any atom is -0.455 e. The summed E-state index contributed by atoms with van der Waals surface area (Å²) in [5.74, 6) is 1.69. The minimum atomic E-state index is 0.542. The quantitative estimate of drug-likeness (QED) is 0.177. The summed E-state index contributed by atoms with van der Waals surface area (Å²) >= 11 is 0. The Kier molecular flexibility index (Phi) is 7.02. The molecule has 10 aromatic carbocycles. The van der Waals surface area contributed by atoms with Crippen molar-refractivity contribution < 1.29 is 8.83 Å². The molecule has 292 valence electrons. The molecule has 0 aliphatic heterocycles. The lowest BCUT2D eigenvalue weighted by atomic mass is 10.0. The molecule has 0 aliphatic carbocycles. The lowest BCUT2D eigenvalue weighted by Crippen LogP contribution is -2.00. The largest absolute Gasteiger partial charge is 0.455 e. The van der Waals surface area contributed by atoms with E-state index in [4.69, 9.17) is 23.8 Å². The molecule has 0 amide bonds. The van der Waals surface area contributed by atoms with Gasteiger partial charge in [0.2, 0.25) is 0 Å². The molecule has 0 bridgehead atoms. The lowest BCUT2D eigenvalue weighted by molar-refractivity contribution is 0.669. The van der Waals surface area contributed by atoms with Gasteiger partial charge in [-0.2, -0.15) is 0 Å². The average molecular weight is 805 g/mol. The van der Waals surface area contributed by atoms with E-state index < -0.39 is 0 Å². The molecular weight excluding hydrogens is 773 g/mol. The van der Waals surface area contributed by atoms with Crippen LogP contribution in [0.3, 0.4) is 0 Å². The van der Waals surface area contributed by atoms with Crippen LogP contribution in [0.2, 0.25) is 0 Å². The number of nitrogens with zero attached hydrogens (tertiary/aromatic N) is 4. The molecule has 0 N–H and O–H groups in total. The molecule has 63 heavy (non-hydrogen) atoms. The highest BCUT2D eigenvalue weighted by Crippen LogP contribution is 2.44. The first kappa shape index (κ1) is 34.1. The first-order valence-electron chi connectivity index (χ1n) is 21.2. The first-order chi connectivity index (χ1) is 31.2. The summed E-state index contributed by atoms with van der Waals surface area (Å²) in [7, 11) is 0. The second kappa shape index (κ2) is 12.9. The normalized spacial score (nSPS) is 12.1. The van der Waals surface area contributed by atoms with Crippen LogP contribution >= 0.6 is 0 Å². The summed E-state index contributed by atoms with van der Waals surface area (Å²) in [6.07, 6.45) is 0. The zero-order valence-corrected chi connectivity index (χ0v) is 33.6. The van der Waals surface area contributed by atoms with Crippen molar-refractivity contribution >= 4 is 98.0 Å². The minimum absolute atomic E-state index is 0.542. The van der Waals surface area contributed by atoms with Crippen molar-refractivity contribution in [3.05, 3.63) is 194 Å². The van der Waals surface area contributed by atoms with Crippen LogP contribution in [-0.2, 0) is 0 Å². The number of furan rings is 2. The van der Waals surface area contributed by atoms with E-state index in [-0.39, 0.29) is 0 Å². The summed E-state index contributed by atoms with van der Waals surface area (Å²) in [4.78, 5) is 15.4. The van der Waals surface area contributed by atoms with Crippen LogP contribution in [0, 0.1) is 0 Å². The maximum Gasteiger partial charge on any atom is 0.167 e. The summed E-state index contributed by atoms with van der Waals surface area (Å²) < 4.78 is 15.7. The van der Waals surface area contributed by atoms with Crippen molar-refractivity contribution in [2.24, 2.45) is 0 Å². The van der Waals surface area contributed by atoms with Crippen LogP contribution in [0.15, 0.2) is 203 Å². The summed E-state index contributed by atoms with van der Waals surface area (Å²) in [5.41, 5.74) is 9.17. The molecule has 0 saturated heterocycles. The zero-order chi connectivity index (χ0) is 41.2. The number of hydrogen-bond acceptors (Lipinski definition) is 5. The van der Waals surface area contributed by atoms with Gasteiger partial charge in [0.25, 0.3) is 0 Å². The molecule has 4 heterocycles. The lowest BCUT2D eigenvalue weighted by Gasteiger charge is -2.13. The van der Waals surface area contributed by atoms with Crippen molar-refractivity contribution in [3.8, 4) is 39.9 Å². The third-order valence-electron chi connectivity index (χ3n) is 12.8. The highest BCUT2D eigenvalue weighted by Gasteiger charge is 2.22. The van der Waals surface area contributed by atoms with Gasteiger partial charge in [0.1, 0.15) is 22.3 Å². The van der Waals surface area contributed by atoms with Gasteiger partial charge in [-0.15, -0.1) is 0 Å². The number of benzene rings is 10. The summed E-state index contributed by atoms with van der Waals surface area (Å²) in [6.45, 7) is 0. The Hall–Kier alpha value is -8.61. The smallest absolute Gasteiger partial charge is 0.167 e. The molecule has 14 aromatic rings. The molecule has 4 aromatic heterocycles. The summed E-state index contributed by atoms with van der Waals surface area (Å²) in [6, 6.07) is 68.1. The molecule has 0 spiro atoms. The van der Waals surface area contributed by atoms with E-state index in [0.29, 0.717) is 17.5 Å². The zero-order valence-electron chi connectivity index (χ0n) is 33.6.